The first-order valence-corrected chi connectivity index (χ1v) is 7.19. The molecule has 0 aromatic heterocycles. The van der Waals surface area contributed by atoms with Crippen molar-refractivity contribution in [2.75, 3.05) is 26.8 Å². The summed E-state index contributed by atoms with van der Waals surface area (Å²) >= 11 is 0. The second kappa shape index (κ2) is 8.06. The maximum atomic E-state index is 6.25. The zero-order valence-electron chi connectivity index (χ0n) is 11.8. The number of hydrogen-bond donors (Lipinski definition) is 1. The molecule has 3 nitrogen and oxygen atoms in total. The van der Waals surface area contributed by atoms with Crippen molar-refractivity contribution in [3.8, 4) is 0 Å². The summed E-state index contributed by atoms with van der Waals surface area (Å²) in [5.41, 5.74) is 6.25. The van der Waals surface area contributed by atoms with Crippen LogP contribution in [0.1, 0.15) is 46.0 Å². The van der Waals surface area contributed by atoms with Gasteiger partial charge < -0.3 is 10.5 Å². The molecular formula is C14H30N2O. The average Bonchev–Trinajstić information content (AvgIpc) is 3.10. The number of nitrogens with two attached hydrogens (primary N) is 1. The van der Waals surface area contributed by atoms with Crippen molar-refractivity contribution in [2.24, 2.45) is 11.7 Å². The van der Waals surface area contributed by atoms with E-state index >= 15 is 0 Å². The van der Waals surface area contributed by atoms with Crippen LogP contribution >= 0.6 is 0 Å². The van der Waals surface area contributed by atoms with E-state index in [0.717, 1.165) is 25.6 Å². The molecule has 1 rings (SSSR count). The molecule has 1 atom stereocenters. The first kappa shape index (κ1) is 14.9. The van der Waals surface area contributed by atoms with Crippen LogP contribution in [0.5, 0.6) is 0 Å². The molecule has 0 bridgehead atoms. The van der Waals surface area contributed by atoms with Gasteiger partial charge in [0.05, 0.1) is 6.61 Å². The summed E-state index contributed by atoms with van der Waals surface area (Å²) in [5.74, 6) is 0.927. The van der Waals surface area contributed by atoms with E-state index in [9.17, 15) is 0 Å². The lowest BCUT2D eigenvalue weighted by atomic mass is 10.1. The molecule has 0 aromatic carbocycles. The fourth-order valence-corrected chi connectivity index (χ4v) is 2.59. The number of methoxy groups -OCH3 is 1. The van der Waals surface area contributed by atoms with Gasteiger partial charge >= 0.3 is 0 Å². The van der Waals surface area contributed by atoms with Gasteiger partial charge in [-0.1, -0.05) is 26.7 Å². The summed E-state index contributed by atoms with van der Waals surface area (Å²) in [6, 6.07) is 1.01. The van der Waals surface area contributed by atoms with E-state index in [1.165, 1.54) is 32.1 Å². The fourth-order valence-electron chi connectivity index (χ4n) is 2.59. The Morgan fingerprint density at radius 2 is 1.94 bits per heavy atom. The Bertz CT molecular complexity index is 191. The van der Waals surface area contributed by atoms with Crippen molar-refractivity contribution < 1.29 is 4.74 Å². The summed E-state index contributed by atoms with van der Waals surface area (Å²) in [4.78, 5) is 2.52. The highest BCUT2D eigenvalue weighted by Gasteiger charge is 2.25. The van der Waals surface area contributed by atoms with Crippen LogP contribution in [-0.2, 0) is 4.74 Å². The third-order valence-electron chi connectivity index (χ3n) is 3.84. The number of ether oxygens (including phenoxy) is 1. The van der Waals surface area contributed by atoms with E-state index in [0.29, 0.717) is 12.1 Å². The standard InChI is InChI=1S/C14H30N2O/c1-4-14(5-2)16(8-9-17-3)11-13(15)10-12-6-7-12/h12-14H,4-11,15H2,1-3H3/t13-/m0/s1. The lowest BCUT2D eigenvalue weighted by molar-refractivity contribution is 0.109. The van der Waals surface area contributed by atoms with Gasteiger partial charge in [-0.05, 0) is 25.2 Å². The Morgan fingerprint density at radius 1 is 1.29 bits per heavy atom. The number of hydrogen-bond acceptors (Lipinski definition) is 3. The first-order valence-electron chi connectivity index (χ1n) is 7.19. The smallest absolute Gasteiger partial charge is 0.0589 e. The van der Waals surface area contributed by atoms with E-state index in [-0.39, 0.29) is 0 Å². The monoisotopic (exact) mass is 242 g/mol. The van der Waals surface area contributed by atoms with Crippen molar-refractivity contribution in [1.82, 2.24) is 4.90 Å². The average molecular weight is 242 g/mol. The third-order valence-corrected chi connectivity index (χ3v) is 3.84. The quantitative estimate of drug-likeness (QED) is 0.638. The Hall–Kier alpha value is -0.120. The van der Waals surface area contributed by atoms with Crippen molar-refractivity contribution in [3.63, 3.8) is 0 Å². The van der Waals surface area contributed by atoms with Crippen LogP contribution in [0.25, 0.3) is 0 Å². The first-order chi connectivity index (χ1) is 8.21. The summed E-state index contributed by atoms with van der Waals surface area (Å²) in [6.07, 6.45) is 6.42. The van der Waals surface area contributed by atoms with Gasteiger partial charge in [-0.25, -0.2) is 0 Å². The molecule has 1 saturated carbocycles. The third kappa shape index (κ3) is 5.84. The topological polar surface area (TPSA) is 38.5 Å². The number of rotatable bonds is 10. The van der Waals surface area contributed by atoms with Crippen LogP contribution in [0.4, 0.5) is 0 Å². The van der Waals surface area contributed by atoms with Crippen LogP contribution in [0.3, 0.4) is 0 Å². The van der Waals surface area contributed by atoms with E-state index in [1.54, 1.807) is 7.11 Å². The second-order valence-electron chi connectivity index (χ2n) is 5.40. The SMILES string of the molecule is CCC(CC)N(CCOC)C[C@@H](N)CC1CC1. The van der Waals surface area contributed by atoms with Crippen molar-refractivity contribution in [3.05, 3.63) is 0 Å². The molecule has 0 unspecified atom stereocenters. The Morgan fingerprint density at radius 3 is 2.41 bits per heavy atom. The van der Waals surface area contributed by atoms with Gasteiger partial charge in [-0.3, -0.25) is 4.90 Å². The molecule has 2 N–H and O–H groups in total. The van der Waals surface area contributed by atoms with Crippen molar-refractivity contribution >= 4 is 0 Å². The highest BCUT2D eigenvalue weighted by Crippen LogP contribution is 2.33. The molecule has 1 fully saturated rings. The van der Waals surface area contributed by atoms with Crippen LogP contribution < -0.4 is 5.73 Å². The highest BCUT2D eigenvalue weighted by molar-refractivity contribution is 4.81. The molecule has 1 aliphatic rings. The van der Waals surface area contributed by atoms with Gasteiger partial charge in [0.25, 0.3) is 0 Å². The normalized spacial score (nSPS) is 18.0. The molecule has 0 aliphatic heterocycles. The van der Waals surface area contributed by atoms with Gasteiger partial charge in [0.15, 0.2) is 0 Å². The molecule has 102 valence electrons. The molecule has 0 saturated heterocycles. The minimum absolute atomic E-state index is 0.347. The zero-order chi connectivity index (χ0) is 12.7. The Labute approximate surface area is 107 Å². The predicted octanol–water partition coefficient (Wildman–Crippen LogP) is 2.25. The molecule has 1 aliphatic carbocycles. The summed E-state index contributed by atoms with van der Waals surface area (Å²) in [5, 5.41) is 0. The van der Waals surface area contributed by atoms with Crippen LogP contribution in [0, 0.1) is 5.92 Å². The van der Waals surface area contributed by atoms with Gasteiger partial charge in [-0.2, -0.15) is 0 Å². The summed E-state index contributed by atoms with van der Waals surface area (Å²) in [6.45, 7) is 7.39. The largest absolute Gasteiger partial charge is 0.383 e. The number of nitrogens with zero attached hydrogens (tertiary/aromatic N) is 1. The predicted molar refractivity (Wildman–Crippen MR) is 73.1 cm³/mol. The van der Waals surface area contributed by atoms with Crippen LogP contribution in [0.15, 0.2) is 0 Å². The highest BCUT2D eigenvalue weighted by atomic mass is 16.5. The van der Waals surface area contributed by atoms with Gasteiger partial charge in [-0.15, -0.1) is 0 Å². The van der Waals surface area contributed by atoms with E-state index in [4.69, 9.17) is 10.5 Å². The maximum Gasteiger partial charge on any atom is 0.0589 e. The minimum atomic E-state index is 0.347. The lowest BCUT2D eigenvalue weighted by Crippen LogP contribution is -2.44. The zero-order valence-corrected chi connectivity index (χ0v) is 11.8. The van der Waals surface area contributed by atoms with Crippen molar-refractivity contribution in [2.45, 2.75) is 58.0 Å². The van der Waals surface area contributed by atoms with E-state index in [1.807, 2.05) is 0 Å². The Kier molecular flexibility index (Phi) is 7.09. The molecule has 0 spiro atoms. The van der Waals surface area contributed by atoms with E-state index in [2.05, 4.69) is 18.7 Å². The molecule has 3 heteroatoms. The molecule has 0 heterocycles. The van der Waals surface area contributed by atoms with Gasteiger partial charge in [0.2, 0.25) is 0 Å². The molecule has 0 radical (unpaired) electrons. The van der Waals surface area contributed by atoms with Gasteiger partial charge in [0.1, 0.15) is 0 Å². The fraction of sp³-hybridized carbons (Fsp3) is 1.00. The van der Waals surface area contributed by atoms with E-state index < -0.39 is 0 Å². The van der Waals surface area contributed by atoms with Crippen molar-refractivity contribution in [1.29, 1.82) is 0 Å². The lowest BCUT2D eigenvalue weighted by Gasteiger charge is -2.32. The maximum absolute atomic E-state index is 6.25. The second-order valence-corrected chi connectivity index (χ2v) is 5.40. The Balaban J connectivity index is 2.36. The van der Waals surface area contributed by atoms with Crippen LogP contribution in [0.2, 0.25) is 0 Å². The summed E-state index contributed by atoms with van der Waals surface area (Å²) in [7, 11) is 1.77. The minimum Gasteiger partial charge on any atom is -0.383 e. The molecular weight excluding hydrogens is 212 g/mol. The molecule has 0 aromatic rings. The summed E-state index contributed by atoms with van der Waals surface area (Å²) < 4.78 is 5.20. The molecule has 17 heavy (non-hydrogen) atoms. The molecule has 0 amide bonds. The van der Waals surface area contributed by atoms with Crippen LogP contribution in [-0.4, -0.2) is 43.8 Å². The van der Waals surface area contributed by atoms with Gasteiger partial charge in [0, 0.05) is 32.3 Å².